The van der Waals surface area contributed by atoms with E-state index in [4.69, 9.17) is 0 Å². The lowest BCUT2D eigenvalue weighted by Gasteiger charge is -2.13. The van der Waals surface area contributed by atoms with E-state index in [1.807, 2.05) is 25.1 Å². The average molecular weight is 313 g/mol. The Morgan fingerprint density at radius 3 is 2.50 bits per heavy atom. The zero-order valence-corrected chi connectivity index (χ0v) is 14.2. The quantitative estimate of drug-likeness (QED) is 0.812. The van der Waals surface area contributed by atoms with E-state index in [1.54, 1.807) is 11.8 Å². The molecule has 1 atom stereocenters. The van der Waals surface area contributed by atoms with E-state index in [0.717, 1.165) is 11.3 Å². The highest BCUT2D eigenvalue weighted by Crippen LogP contribution is 2.25. The lowest BCUT2D eigenvalue weighted by Crippen LogP contribution is -2.32. The van der Waals surface area contributed by atoms with Gasteiger partial charge < -0.3 is 5.32 Å². The van der Waals surface area contributed by atoms with Crippen LogP contribution in [0.25, 0.3) is 0 Å². The molecule has 0 unspecified atom stereocenters. The van der Waals surface area contributed by atoms with Gasteiger partial charge in [0.1, 0.15) is 0 Å². The first-order valence-electron chi connectivity index (χ1n) is 7.62. The lowest BCUT2D eigenvalue weighted by molar-refractivity contribution is -0.120. The topological polar surface area (TPSA) is 29.1 Å². The van der Waals surface area contributed by atoms with Crippen LogP contribution in [0.15, 0.2) is 53.4 Å². The van der Waals surface area contributed by atoms with Crippen LogP contribution in [0.2, 0.25) is 0 Å². The van der Waals surface area contributed by atoms with Crippen molar-refractivity contribution in [3.63, 3.8) is 0 Å². The fourth-order valence-corrected chi connectivity index (χ4v) is 3.15. The van der Waals surface area contributed by atoms with E-state index in [1.165, 1.54) is 16.7 Å². The third-order valence-electron chi connectivity index (χ3n) is 3.72. The molecule has 22 heavy (non-hydrogen) atoms. The molecule has 3 heteroatoms. The van der Waals surface area contributed by atoms with Crippen molar-refractivity contribution in [3.8, 4) is 0 Å². The summed E-state index contributed by atoms with van der Waals surface area (Å²) >= 11 is 1.61. The fourth-order valence-electron chi connectivity index (χ4n) is 2.16. The number of benzene rings is 2. The Kier molecular flexibility index (Phi) is 6.08. The monoisotopic (exact) mass is 313 g/mol. The first-order valence-corrected chi connectivity index (χ1v) is 8.50. The van der Waals surface area contributed by atoms with Crippen LogP contribution in [-0.4, -0.2) is 17.7 Å². The van der Waals surface area contributed by atoms with Crippen LogP contribution in [0, 0.1) is 13.8 Å². The number of amides is 1. The van der Waals surface area contributed by atoms with Crippen molar-refractivity contribution >= 4 is 17.7 Å². The van der Waals surface area contributed by atoms with Gasteiger partial charge >= 0.3 is 0 Å². The third-order valence-corrected chi connectivity index (χ3v) is 4.81. The highest BCUT2D eigenvalue weighted by atomic mass is 32.2. The summed E-state index contributed by atoms with van der Waals surface area (Å²) in [6, 6.07) is 16.6. The Balaban J connectivity index is 1.80. The van der Waals surface area contributed by atoms with Crippen molar-refractivity contribution in [1.29, 1.82) is 0 Å². The van der Waals surface area contributed by atoms with Gasteiger partial charge in [-0.05, 0) is 56.0 Å². The molecule has 0 aliphatic heterocycles. The van der Waals surface area contributed by atoms with Gasteiger partial charge in [-0.2, -0.15) is 0 Å². The van der Waals surface area contributed by atoms with Crippen LogP contribution >= 0.6 is 11.8 Å². The van der Waals surface area contributed by atoms with Gasteiger partial charge in [0.05, 0.1) is 5.25 Å². The zero-order valence-electron chi connectivity index (χ0n) is 13.4. The second kappa shape index (κ2) is 8.04. The highest BCUT2D eigenvalue weighted by Gasteiger charge is 2.14. The maximum absolute atomic E-state index is 12.2. The molecule has 0 aliphatic rings. The largest absolute Gasteiger partial charge is 0.355 e. The SMILES string of the molecule is Cc1ccc(S[C@H](C)C(=O)NCCc2ccccc2)cc1C. The fraction of sp³-hybridized carbons (Fsp3) is 0.316. The Labute approximate surface area is 137 Å². The molecule has 2 aromatic carbocycles. The van der Waals surface area contributed by atoms with Crippen molar-refractivity contribution < 1.29 is 4.79 Å². The minimum Gasteiger partial charge on any atom is -0.355 e. The van der Waals surface area contributed by atoms with Gasteiger partial charge in [0.15, 0.2) is 0 Å². The molecule has 0 bridgehead atoms. The molecular weight excluding hydrogens is 290 g/mol. The van der Waals surface area contributed by atoms with Gasteiger partial charge in [0.2, 0.25) is 5.91 Å². The van der Waals surface area contributed by atoms with Gasteiger partial charge in [-0.3, -0.25) is 4.79 Å². The molecule has 116 valence electrons. The van der Waals surface area contributed by atoms with Gasteiger partial charge in [-0.25, -0.2) is 0 Å². The van der Waals surface area contributed by atoms with Crippen molar-refractivity contribution in [2.75, 3.05) is 6.54 Å². The molecule has 2 rings (SSSR count). The van der Waals surface area contributed by atoms with Gasteiger partial charge in [0.25, 0.3) is 0 Å². The number of aryl methyl sites for hydroxylation is 2. The third kappa shape index (κ3) is 4.92. The van der Waals surface area contributed by atoms with Gasteiger partial charge in [-0.1, -0.05) is 36.4 Å². The van der Waals surface area contributed by atoms with E-state index < -0.39 is 0 Å². The highest BCUT2D eigenvalue weighted by molar-refractivity contribution is 8.00. The summed E-state index contributed by atoms with van der Waals surface area (Å²) in [5, 5.41) is 2.93. The molecule has 1 N–H and O–H groups in total. The molecule has 0 heterocycles. The van der Waals surface area contributed by atoms with Crippen LogP contribution < -0.4 is 5.32 Å². The summed E-state index contributed by atoms with van der Waals surface area (Å²) in [6.45, 7) is 6.84. The van der Waals surface area contributed by atoms with E-state index in [-0.39, 0.29) is 11.2 Å². The molecule has 0 aromatic heterocycles. The summed E-state index contributed by atoms with van der Waals surface area (Å²) in [6.07, 6.45) is 0.869. The van der Waals surface area contributed by atoms with E-state index in [9.17, 15) is 4.79 Å². The molecular formula is C19H23NOS. The minimum absolute atomic E-state index is 0.0853. The normalized spacial score (nSPS) is 12.0. The van der Waals surface area contributed by atoms with E-state index in [2.05, 4.69) is 49.5 Å². The first kappa shape index (κ1) is 16.6. The van der Waals surface area contributed by atoms with Crippen molar-refractivity contribution in [2.24, 2.45) is 0 Å². The van der Waals surface area contributed by atoms with Gasteiger partial charge in [-0.15, -0.1) is 11.8 Å². The first-order chi connectivity index (χ1) is 10.6. The Morgan fingerprint density at radius 1 is 1.09 bits per heavy atom. The number of carbonyl (C=O) groups is 1. The van der Waals surface area contributed by atoms with Crippen LogP contribution in [0.5, 0.6) is 0 Å². The number of rotatable bonds is 6. The molecule has 0 fully saturated rings. The molecule has 0 spiro atoms. The number of thioether (sulfide) groups is 1. The van der Waals surface area contributed by atoms with Crippen LogP contribution in [0.3, 0.4) is 0 Å². The summed E-state index contributed by atoms with van der Waals surface area (Å²) in [5.74, 6) is 0.0964. The lowest BCUT2D eigenvalue weighted by atomic mass is 10.1. The molecule has 0 saturated carbocycles. The molecule has 0 saturated heterocycles. The molecule has 1 amide bonds. The van der Waals surface area contributed by atoms with Crippen LogP contribution in [-0.2, 0) is 11.2 Å². The molecule has 0 aliphatic carbocycles. The van der Waals surface area contributed by atoms with Gasteiger partial charge in [0, 0.05) is 11.4 Å². The second-order valence-corrected chi connectivity index (χ2v) is 6.95. The predicted octanol–water partition coefficient (Wildman–Crippen LogP) is 4.14. The number of nitrogens with one attached hydrogen (secondary N) is 1. The second-order valence-electron chi connectivity index (χ2n) is 5.53. The van der Waals surface area contributed by atoms with E-state index in [0.29, 0.717) is 6.54 Å². The average Bonchev–Trinajstić information content (AvgIpc) is 2.52. The Hall–Kier alpha value is -1.74. The minimum atomic E-state index is -0.0853. The molecule has 0 radical (unpaired) electrons. The number of hydrogen-bond donors (Lipinski definition) is 1. The van der Waals surface area contributed by atoms with Crippen LogP contribution in [0.4, 0.5) is 0 Å². The standard InChI is InChI=1S/C19H23NOS/c1-14-9-10-18(13-15(14)2)22-16(3)19(21)20-12-11-17-7-5-4-6-8-17/h4-10,13,16H,11-12H2,1-3H3,(H,20,21)/t16-/m1/s1. The molecule has 2 nitrogen and oxygen atoms in total. The maximum atomic E-state index is 12.2. The van der Waals surface area contributed by atoms with Crippen molar-refractivity contribution in [3.05, 3.63) is 65.2 Å². The zero-order chi connectivity index (χ0) is 15.9. The number of hydrogen-bond acceptors (Lipinski definition) is 2. The summed E-state index contributed by atoms with van der Waals surface area (Å²) in [5.41, 5.74) is 3.79. The Bertz CT molecular complexity index is 625. The van der Waals surface area contributed by atoms with Crippen molar-refractivity contribution in [1.82, 2.24) is 5.32 Å². The maximum Gasteiger partial charge on any atom is 0.233 e. The smallest absolute Gasteiger partial charge is 0.233 e. The summed E-state index contributed by atoms with van der Waals surface area (Å²) in [4.78, 5) is 13.3. The molecule has 2 aromatic rings. The summed E-state index contributed by atoms with van der Waals surface area (Å²) in [7, 11) is 0. The Morgan fingerprint density at radius 2 is 1.82 bits per heavy atom. The van der Waals surface area contributed by atoms with Crippen molar-refractivity contribution in [2.45, 2.75) is 37.3 Å². The summed E-state index contributed by atoms with van der Waals surface area (Å²) < 4.78 is 0. The van der Waals surface area contributed by atoms with E-state index >= 15 is 0 Å². The predicted molar refractivity (Wildman–Crippen MR) is 94.4 cm³/mol. The number of carbonyl (C=O) groups excluding carboxylic acids is 1. The van der Waals surface area contributed by atoms with Crippen LogP contribution in [0.1, 0.15) is 23.6 Å².